The molecule has 6 heteroatoms. The Morgan fingerprint density at radius 2 is 0.792 bits per heavy atom. The topological polar surface area (TPSA) is 110 Å². The van der Waals surface area contributed by atoms with Crippen LogP contribution in [-0.4, -0.2) is 57.3 Å². The summed E-state index contributed by atoms with van der Waals surface area (Å²) in [6, 6.07) is -0.990. The Kier molecular flexibility index (Phi) is 41.0. The molecule has 5 N–H and O–H groups in total. The summed E-state index contributed by atoms with van der Waals surface area (Å²) >= 11 is 0. The van der Waals surface area contributed by atoms with E-state index in [0.29, 0.717) is 12.8 Å². The average Bonchev–Trinajstić information content (AvgIpc) is 3.16. The minimum atomic E-state index is -1.26. The van der Waals surface area contributed by atoms with Crippen LogP contribution in [0, 0.1) is 0 Å². The van der Waals surface area contributed by atoms with Gasteiger partial charge in [-0.3, -0.25) is 4.79 Å². The molecular formula is C47H91NO5. The second kappa shape index (κ2) is 41.9. The summed E-state index contributed by atoms with van der Waals surface area (Å²) in [5.41, 5.74) is 0. The summed E-state index contributed by atoms with van der Waals surface area (Å²) in [4.78, 5) is 12.5. The van der Waals surface area contributed by atoms with Gasteiger partial charge < -0.3 is 25.7 Å². The van der Waals surface area contributed by atoms with E-state index >= 15 is 0 Å². The third-order valence-corrected chi connectivity index (χ3v) is 10.9. The maximum Gasteiger partial charge on any atom is 0.249 e. The third-order valence-electron chi connectivity index (χ3n) is 10.9. The van der Waals surface area contributed by atoms with Gasteiger partial charge in [0.1, 0.15) is 12.2 Å². The number of hydrogen-bond acceptors (Lipinski definition) is 5. The molecule has 0 spiro atoms. The number of amides is 1. The number of nitrogens with one attached hydrogen (secondary N) is 1. The maximum absolute atomic E-state index is 12.5. The molecule has 1 amide bonds. The second-order valence-corrected chi connectivity index (χ2v) is 16.1. The fourth-order valence-corrected chi connectivity index (χ4v) is 7.22. The molecule has 4 unspecified atom stereocenters. The molecule has 0 aromatic carbocycles. The molecule has 0 rings (SSSR count). The van der Waals surface area contributed by atoms with Crippen molar-refractivity contribution < 1.29 is 25.2 Å². The minimum absolute atomic E-state index is 0.352. The molecule has 0 aromatic heterocycles. The van der Waals surface area contributed by atoms with Gasteiger partial charge in [0.05, 0.1) is 18.8 Å². The van der Waals surface area contributed by atoms with Crippen LogP contribution in [0.1, 0.15) is 239 Å². The molecule has 0 aromatic rings. The van der Waals surface area contributed by atoms with E-state index in [0.717, 1.165) is 64.2 Å². The molecule has 0 fully saturated rings. The summed E-state index contributed by atoms with van der Waals surface area (Å²) in [5.74, 6) is -0.595. The lowest BCUT2D eigenvalue weighted by atomic mass is 9.99. The number of carbonyl (C=O) groups excluding carboxylic acids is 1. The molecule has 6 nitrogen and oxygen atoms in total. The van der Waals surface area contributed by atoms with Crippen LogP contribution >= 0.6 is 0 Å². The van der Waals surface area contributed by atoms with Gasteiger partial charge in [0.15, 0.2) is 0 Å². The third kappa shape index (κ3) is 36.2. The van der Waals surface area contributed by atoms with Crippen LogP contribution in [0.5, 0.6) is 0 Å². The molecule has 0 bridgehead atoms. The van der Waals surface area contributed by atoms with Crippen molar-refractivity contribution >= 4 is 5.91 Å². The van der Waals surface area contributed by atoms with Crippen molar-refractivity contribution in [2.24, 2.45) is 0 Å². The summed E-state index contributed by atoms with van der Waals surface area (Å²) in [7, 11) is 0. The van der Waals surface area contributed by atoms with Gasteiger partial charge in [0.25, 0.3) is 0 Å². The van der Waals surface area contributed by atoms with Crippen LogP contribution < -0.4 is 5.32 Å². The lowest BCUT2D eigenvalue weighted by molar-refractivity contribution is -0.132. The van der Waals surface area contributed by atoms with Crippen molar-refractivity contribution in [3.05, 3.63) is 24.3 Å². The van der Waals surface area contributed by atoms with Crippen molar-refractivity contribution in [2.45, 2.75) is 263 Å². The molecule has 0 heterocycles. The first-order valence-corrected chi connectivity index (χ1v) is 23.2. The van der Waals surface area contributed by atoms with Gasteiger partial charge in [-0.05, 0) is 38.5 Å². The lowest BCUT2D eigenvalue weighted by Crippen LogP contribution is -2.53. The Bertz CT molecular complexity index is 802. The first kappa shape index (κ1) is 51.8. The Balaban J connectivity index is 3.68. The van der Waals surface area contributed by atoms with E-state index in [-0.39, 0.29) is 0 Å². The van der Waals surface area contributed by atoms with Crippen molar-refractivity contribution in [2.75, 3.05) is 6.61 Å². The van der Waals surface area contributed by atoms with Gasteiger partial charge in [0, 0.05) is 0 Å². The highest BCUT2D eigenvalue weighted by Gasteiger charge is 2.28. The molecular weight excluding hydrogens is 659 g/mol. The largest absolute Gasteiger partial charge is 0.394 e. The van der Waals surface area contributed by atoms with Gasteiger partial charge in [-0.25, -0.2) is 0 Å². The maximum atomic E-state index is 12.5. The van der Waals surface area contributed by atoms with E-state index in [2.05, 4.69) is 43.5 Å². The number of unbranched alkanes of at least 4 members (excludes halogenated alkanes) is 30. The Morgan fingerprint density at radius 3 is 1.19 bits per heavy atom. The molecule has 53 heavy (non-hydrogen) atoms. The number of carbonyl (C=O) groups is 1. The fourth-order valence-electron chi connectivity index (χ4n) is 7.22. The highest BCUT2D eigenvalue weighted by molar-refractivity contribution is 5.80. The Morgan fingerprint density at radius 1 is 0.472 bits per heavy atom. The molecule has 4 atom stereocenters. The second-order valence-electron chi connectivity index (χ2n) is 16.1. The first-order valence-electron chi connectivity index (χ1n) is 23.2. The zero-order valence-electron chi connectivity index (χ0n) is 35.3. The number of aliphatic hydroxyl groups excluding tert-OH is 4. The fraction of sp³-hybridized carbons (Fsp3) is 0.894. The normalized spacial score (nSPS) is 14.3. The minimum Gasteiger partial charge on any atom is -0.394 e. The van der Waals surface area contributed by atoms with E-state index in [1.807, 2.05) is 0 Å². The van der Waals surface area contributed by atoms with Crippen LogP contribution in [0.25, 0.3) is 0 Å². The van der Waals surface area contributed by atoms with Crippen LogP contribution in [0.3, 0.4) is 0 Å². The van der Waals surface area contributed by atoms with Crippen molar-refractivity contribution in [1.82, 2.24) is 5.32 Å². The Hall–Kier alpha value is -1.21. The van der Waals surface area contributed by atoms with Crippen molar-refractivity contribution in [1.29, 1.82) is 0 Å². The van der Waals surface area contributed by atoms with Crippen molar-refractivity contribution in [3.63, 3.8) is 0 Å². The predicted octanol–water partition coefficient (Wildman–Crippen LogP) is 12.4. The molecule has 0 saturated heterocycles. The van der Waals surface area contributed by atoms with Crippen LogP contribution in [0.4, 0.5) is 0 Å². The smallest absolute Gasteiger partial charge is 0.249 e. The van der Waals surface area contributed by atoms with Crippen LogP contribution in [0.2, 0.25) is 0 Å². The first-order chi connectivity index (χ1) is 26.0. The van der Waals surface area contributed by atoms with E-state index in [1.54, 1.807) is 0 Å². The molecule has 0 aliphatic carbocycles. The van der Waals surface area contributed by atoms with Gasteiger partial charge >= 0.3 is 0 Å². The lowest BCUT2D eigenvalue weighted by Gasteiger charge is -2.27. The average molecular weight is 750 g/mol. The molecule has 0 aliphatic rings. The Labute approximate surface area is 329 Å². The molecule has 0 radical (unpaired) electrons. The monoisotopic (exact) mass is 750 g/mol. The number of rotatable bonds is 42. The van der Waals surface area contributed by atoms with E-state index in [9.17, 15) is 25.2 Å². The highest BCUT2D eigenvalue weighted by Crippen LogP contribution is 2.17. The summed E-state index contributed by atoms with van der Waals surface area (Å²) in [6.07, 6.45) is 47.9. The summed E-state index contributed by atoms with van der Waals surface area (Å²) in [5, 5.41) is 43.7. The van der Waals surface area contributed by atoms with Gasteiger partial charge in [-0.2, -0.15) is 0 Å². The van der Waals surface area contributed by atoms with Gasteiger partial charge in [0.2, 0.25) is 5.91 Å². The zero-order chi connectivity index (χ0) is 38.9. The number of allylic oxidation sites excluding steroid dienone is 4. The van der Waals surface area contributed by atoms with E-state index in [1.165, 1.54) is 148 Å². The molecule has 314 valence electrons. The SMILES string of the molecule is CCCCC/C=C\C=C/CCCCCCCC(O)C(=O)NC(CO)C(O)C(O)CCCCCCCCCCCCCCCCCCCCCCCCC. The van der Waals surface area contributed by atoms with Crippen LogP contribution in [0.15, 0.2) is 24.3 Å². The number of hydrogen-bond donors (Lipinski definition) is 5. The van der Waals surface area contributed by atoms with E-state index in [4.69, 9.17) is 0 Å². The summed E-state index contributed by atoms with van der Waals surface area (Å²) in [6.45, 7) is 4.02. The van der Waals surface area contributed by atoms with E-state index < -0.39 is 36.9 Å². The quantitative estimate of drug-likeness (QED) is 0.0315. The standard InChI is InChI=1S/C47H91NO5/c1-3-5-7-9-11-13-15-17-19-20-21-22-23-24-25-26-27-29-30-32-34-36-38-40-44(50)46(52)43(42-49)48-47(53)45(51)41-39-37-35-33-31-28-18-16-14-12-10-8-6-4-2/h12,14,16,18,43-46,49-52H,3-11,13,15,17,19-42H2,1-2H3,(H,48,53)/b14-12-,18-16-. The van der Waals surface area contributed by atoms with Gasteiger partial charge in [-0.15, -0.1) is 0 Å². The van der Waals surface area contributed by atoms with Crippen molar-refractivity contribution in [3.8, 4) is 0 Å². The predicted molar refractivity (Wildman–Crippen MR) is 228 cm³/mol. The zero-order valence-corrected chi connectivity index (χ0v) is 35.3. The highest BCUT2D eigenvalue weighted by atomic mass is 16.3. The van der Waals surface area contributed by atoms with Gasteiger partial charge in [-0.1, -0.05) is 224 Å². The molecule has 0 saturated carbocycles. The van der Waals surface area contributed by atoms with Crippen LogP contribution in [-0.2, 0) is 4.79 Å². The molecule has 0 aliphatic heterocycles. The number of aliphatic hydroxyl groups is 4. The summed E-state index contributed by atoms with van der Waals surface area (Å²) < 4.78 is 0.